The summed E-state index contributed by atoms with van der Waals surface area (Å²) in [6.45, 7) is 7.37. The van der Waals surface area contributed by atoms with Gasteiger partial charge in [0.05, 0.1) is 24.5 Å². The standard InChI is InChI=1S/C22H23FN2O/c1-4-9-26-22-12-19(23)7-8-20(22)25-21-11-18-14-24-13-17(18)10-16(21)6-5-15(2)3/h7-8,10-12,14-15,25H,4,9,13H2,1-3H3. The van der Waals surface area contributed by atoms with E-state index < -0.39 is 0 Å². The Morgan fingerprint density at radius 1 is 1.23 bits per heavy atom. The van der Waals surface area contributed by atoms with Crippen LogP contribution in [0.25, 0.3) is 0 Å². The third-order valence-corrected chi connectivity index (χ3v) is 3.94. The van der Waals surface area contributed by atoms with E-state index in [-0.39, 0.29) is 11.7 Å². The molecule has 26 heavy (non-hydrogen) atoms. The molecule has 0 unspecified atom stereocenters. The van der Waals surface area contributed by atoms with Crippen molar-refractivity contribution in [1.29, 1.82) is 0 Å². The molecule has 1 aliphatic rings. The van der Waals surface area contributed by atoms with Crippen LogP contribution in [-0.2, 0) is 6.54 Å². The third kappa shape index (κ3) is 4.23. The molecule has 2 aromatic carbocycles. The van der Waals surface area contributed by atoms with Crippen LogP contribution in [0.2, 0.25) is 0 Å². The minimum atomic E-state index is -0.317. The van der Waals surface area contributed by atoms with Gasteiger partial charge in [0.1, 0.15) is 11.6 Å². The van der Waals surface area contributed by atoms with Crippen molar-refractivity contribution in [1.82, 2.24) is 0 Å². The van der Waals surface area contributed by atoms with Crippen LogP contribution in [0.3, 0.4) is 0 Å². The monoisotopic (exact) mass is 350 g/mol. The molecule has 1 heterocycles. The van der Waals surface area contributed by atoms with E-state index >= 15 is 0 Å². The van der Waals surface area contributed by atoms with E-state index in [0.29, 0.717) is 18.9 Å². The van der Waals surface area contributed by atoms with Gasteiger partial charge in [-0.2, -0.15) is 0 Å². The predicted molar refractivity (Wildman–Crippen MR) is 105 cm³/mol. The van der Waals surface area contributed by atoms with Crippen LogP contribution in [0.15, 0.2) is 35.3 Å². The summed E-state index contributed by atoms with van der Waals surface area (Å²) in [6.07, 6.45) is 2.73. The minimum absolute atomic E-state index is 0.279. The first kappa shape index (κ1) is 18.0. The normalized spacial score (nSPS) is 11.9. The van der Waals surface area contributed by atoms with Gasteiger partial charge >= 0.3 is 0 Å². The third-order valence-electron chi connectivity index (χ3n) is 3.94. The first-order chi connectivity index (χ1) is 12.6. The fourth-order valence-electron chi connectivity index (χ4n) is 2.67. The first-order valence-corrected chi connectivity index (χ1v) is 8.94. The van der Waals surface area contributed by atoms with Gasteiger partial charge in [0.2, 0.25) is 0 Å². The summed E-state index contributed by atoms with van der Waals surface area (Å²) in [6, 6.07) is 8.66. The van der Waals surface area contributed by atoms with E-state index in [0.717, 1.165) is 28.9 Å². The molecule has 0 saturated heterocycles. The molecule has 3 rings (SSSR count). The van der Waals surface area contributed by atoms with Crippen molar-refractivity contribution in [2.75, 3.05) is 11.9 Å². The molecule has 0 fully saturated rings. The van der Waals surface area contributed by atoms with Crippen LogP contribution in [0.4, 0.5) is 15.8 Å². The van der Waals surface area contributed by atoms with Gasteiger partial charge in [-0.15, -0.1) is 0 Å². The fourth-order valence-corrected chi connectivity index (χ4v) is 2.67. The van der Waals surface area contributed by atoms with Crippen molar-refractivity contribution in [3.63, 3.8) is 0 Å². The SMILES string of the molecule is CCCOc1cc(F)ccc1Nc1cc2c(cc1C#CC(C)C)CN=C2. The van der Waals surface area contributed by atoms with Crippen molar-refractivity contribution < 1.29 is 9.13 Å². The number of nitrogens with one attached hydrogen (secondary N) is 1. The molecule has 0 aromatic heterocycles. The summed E-state index contributed by atoms with van der Waals surface area (Å²) in [4.78, 5) is 4.33. The lowest BCUT2D eigenvalue weighted by molar-refractivity contribution is 0.317. The van der Waals surface area contributed by atoms with Crippen LogP contribution >= 0.6 is 0 Å². The van der Waals surface area contributed by atoms with E-state index in [4.69, 9.17) is 4.74 Å². The van der Waals surface area contributed by atoms with Crippen molar-refractivity contribution in [3.05, 3.63) is 52.8 Å². The molecule has 0 radical (unpaired) electrons. The molecular formula is C22H23FN2O. The van der Waals surface area contributed by atoms with Gasteiger partial charge < -0.3 is 10.1 Å². The van der Waals surface area contributed by atoms with E-state index in [1.165, 1.54) is 17.7 Å². The Bertz CT molecular complexity index is 891. The van der Waals surface area contributed by atoms with E-state index in [1.807, 2.05) is 19.2 Å². The number of hydrogen-bond donors (Lipinski definition) is 1. The van der Waals surface area contributed by atoms with Crippen molar-refractivity contribution in [3.8, 4) is 17.6 Å². The predicted octanol–water partition coefficient (Wildman–Crippen LogP) is 5.30. The largest absolute Gasteiger partial charge is 0.491 e. The molecule has 0 amide bonds. The lowest BCUT2D eigenvalue weighted by atomic mass is 10.0. The Labute approximate surface area is 154 Å². The summed E-state index contributed by atoms with van der Waals surface area (Å²) in [5.74, 6) is 6.93. The lowest BCUT2D eigenvalue weighted by Crippen LogP contribution is -2.02. The highest BCUT2D eigenvalue weighted by Gasteiger charge is 2.13. The van der Waals surface area contributed by atoms with Gasteiger partial charge in [0, 0.05) is 23.8 Å². The zero-order chi connectivity index (χ0) is 18.5. The quantitative estimate of drug-likeness (QED) is 0.743. The Morgan fingerprint density at radius 3 is 2.85 bits per heavy atom. The Kier molecular flexibility index (Phi) is 5.58. The molecule has 2 aromatic rings. The average Bonchev–Trinajstić information content (AvgIpc) is 3.07. The summed E-state index contributed by atoms with van der Waals surface area (Å²) in [5, 5.41) is 3.37. The second-order valence-electron chi connectivity index (χ2n) is 6.60. The summed E-state index contributed by atoms with van der Waals surface area (Å²) >= 11 is 0. The summed E-state index contributed by atoms with van der Waals surface area (Å²) < 4.78 is 19.3. The number of ether oxygens (including phenoxy) is 1. The zero-order valence-corrected chi connectivity index (χ0v) is 15.4. The first-order valence-electron chi connectivity index (χ1n) is 8.94. The molecular weight excluding hydrogens is 327 g/mol. The summed E-state index contributed by atoms with van der Waals surface area (Å²) in [7, 11) is 0. The van der Waals surface area contributed by atoms with Gasteiger partial charge in [0.15, 0.2) is 0 Å². The lowest BCUT2D eigenvalue weighted by Gasteiger charge is -2.15. The average molecular weight is 350 g/mol. The maximum Gasteiger partial charge on any atom is 0.145 e. The highest BCUT2D eigenvalue weighted by atomic mass is 19.1. The molecule has 0 spiro atoms. The highest BCUT2D eigenvalue weighted by molar-refractivity contribution is 5.88. The number of halogens is 1. The number of fused-ring (bicyclic) bond motifs is 1. The zero-order valence-electron chi connectivity index (χ0n) is 15.4. The van der Waals surface area contributed by atoms with Crippen LogP contribution in [-0.4, -0.2) is 12.8 Å². The van der Waals surface area contributed by atoms with E-state index in [2.05, 4.69) is 42.1 Å². The molecule has 1 aliphatic heterocycles. The molecule has 0 atom stereocenters. The Balaban J connectivity index is 1.99. The molecule has 3 nitrogen and oxygen atoms in total. The molecule has 1 N–H and O–H groups in total. The van der Waals surface area contributed by atoms with Gasteiger partial charge in [-0.05, 0) is 41.8 Å². The van der Waals surface area contributed by atoms with Crippen LogP contribution in [0.5, 0.6) is 5.75 Å². The second-order valence-corrected chi connectivity index (χ2v) is 6.60. The number of hydrogen-bond acceptors (Lipinski definition) is 3. The van der Waals surface area contributed by atoms with Gasteiger partial charge in [-0.3, -0.25) is 4.99 Å². The Hall–Kier alpha value is -2.80. The summed E-state index contributed by atoms with van der Waals surface area (Å²) in [5.41, 5.74) is 4.76. The van der Waals surface area contributed by atoms with Gasteiger partial charge in [-0.25, -0.2) is 4.39 Å². The molecule has 134 valence electrons. The second kappa shape index (κ2) is 8.05. The topological polar surface area (TPSA) is 33.6 Å². The minimum Gasteiger partial charge on any atom is -0.491 e. The molecule has 4 heteroatoms. The molecule has 0 saturated carbocycles. The fraction of sp³-hybridized carbons (Fsp3) is 0.318. The maximum atomic E-state index is 13.6. The number of benzene rings is 2. The molecule has 0 aliphatic carbocycles. The van der Waals surface area contributed by atoms with Crippen LogP contribution < -0.4 is 10.1 Å². The highest BCUT2D eigenvalue weighted by Crippen LogP contribution is 2.32. The molecule has 0 bridgehead atoms. The van der Waals surface area contributed by atoms with Gasteiger partial charge in [-0.1, -0.05) is 32.6 Å². The van der Waals surface area contributed by atoms with E-state index in [1.54, 1.807) is 6.07 Å². The smallest absolute Gasteiger partial charge is 0.145 e. The number of anilines is 2. The van der Waals surface area contributed by atoms with Crippen LogP contribution in [0.1, 0.15) is 43.9 Å². The van der Waals surface area contributed by atoms with Crippen LogP contribution in [0, 0.1) is 23.6 Å². The number of aliphatic imine (C=N–C) groups is 1. The number of rotatable bonds is 5. The number of nitrogens with zero attached hydrogens (tertiary/aromatic N) is 1. The maximum absolute atomic E-state index is 13.6. The Morgan fingerprint density at radius 2 is 2.08 bits per heavy atom. The van der Waals surface area contributed by atoms with Crippen molar-refractivity contribution in [2.45, 2.75) is 33.7 Å². The van der Waals surface area contributed by atoms with E-state index in [9.17, 15) is 4.39 Å². The van der Waals surface area contributed by atoms with Crippen molar-refractivity contribution in [2.24, 2.45) is 10.9 Å². The van der Waals surface area contributed by atoms with Crippen molar-refractivity contribution >= 4 is 17.6 Å². The van der Waals surface area contributed by atoms with Gasteiger partial charge in [0.25, 0.3) is 0 Å².